The fourth-order valence-corrected chi connectivity index (χ4v) is 2.27. The van der Waals surface area contributed by atoms with Gasteiger partial charge >= 0.3 is 0 Å². The first kappa shape index (κ1) is 13.7. The van der Waals surface area contributed by atoms with Crippen LogP contribution in [-0.2, 0) is 16.0 Å². The molecule has 1 heterocycles. The van der Waals surface area contributed by atoms with Gasteiger partial charge in [0.2, 0.25) is 11.8 Å². The summed E-state index contributed by atoms with van der Waals surface area (Å²) >= 11 is 0. The van der Waals surface area contributed by atoms with Gasteiger partial charge in [-0.3, -0.25) is 14.9 Å². The van der Waals surface area contributed by atoms with Crippen LogP contribution < -0.4 is 10.6 Å². The van der Waals surface area contributed by atoms with Gasteiger partial charge in [0.25, 0.3) is 0 Å². The quantitative estimate of drug-likeness (QED) is 0.802. The Morgan fingerprint density at radius 2 is 2.26 bits per heavy atom. The summed E-state index contributed by atoms with van der Waals surface area (Å²) in [6.07, 6.45) is 1.50. The van der Waals surface area contributed by atoms with E-state index in [4.69, 9.17) is 0 Å². The Kier molecular flexibility index (Phi) is 4.27. The second-order valence-corrected chi connectivity index (χ2v) is 4.91. The van der Waals surface area contributed by atoms with Crippen molar-refractivity contribution in [3.05, 3.63) is 35.6 Å². The number of hydrogen-bond acceptors (Lipinski definition) is 3. The zero-order valence-electron chi connectivity index (χ0n) is 10.8. The average Bonchev–Trinajstić information content (AvgIpc) is 2.33. The highest BCUT2D eigenvalue weighted by Gasteiger charge is 2.27. The van der Waals surface area contributed by atoms with Crippen LogP contribution in [0.25, 0.3) is 0 Å². The van der Waals surface area contributed by atoms with E-state index in [-0.39, 0.29) is 29.7 Å². The van der Waals surface area contributed by atoms with Gasteiger partial charge in [-0.25, -0.2) is 4.39 Å². The van der Waals surface area contributed by atoms with E-state index in [1.165, 1.54) is 12.1 Å². The van der Waals surface area contributed by atoms with E-state index < -0.39 is 0 Å². The molecule has 1 aliphatic heterocycles. The fourth-order valence-electron chi connectivity index (χ4n) is 2.27. The predicted molar refractivity (Wildman–Crippen MR) is 68.9 cm³/mol. The molecular weight excluding hydrogens is 247 g/mol. The monoisotopic (exact) mass is 264 g/mol. The summed E-state index contributed by atoms with van der Waals surface area (Å²) in [5.41, 5.74) is 0.882. The highest BCUT2D eigenvalue weighted by Crippen LogP contribution is 2.09. The number of rotatable bonds is 4. The van der Waals surface area contributed by atoms with E-state index in [2.05, 4.69) is 10.6 Å². The molecule has 0 saturated carbocycles. The summed E-state index contributed by atoms with van der Waals surface area (Å²) in [7, 11) is 0. The van der Waals surface area contributed by atoms with Gasteiger partial charge in [0, 0.05) is 12.5 Å². The van der Waals surface area contributed by atoms with Crippen LogP contribution in [0.3, 0.4) is 0 Å². The van der Waals surface area contributed by atoms with E-state index in [0.29, 0.717) is 19.3 Å². The van der Waals surface area contributed by atoms with Gasteiger partial charge in [-0.05, 0) is 37.5 Å². The summed E-state index contributed by atoms with van der Waals surface area (Å²) in [5.74, 6) is -0.756. The standard InChI is InChI=1S/C14H17FN2O2/c1-9(7-10-3-2-4-11(15)8-10)16-12-5-6-13(18)17-14(12)19/h2-4,8-9,12,16H,5-7H2,1H3,(H,17,18,19). The van der Waals surface area contributed by atoms with Gasteiger partial charge in [0.05, 0.1) is 6.04 Å². The van der Waals surface area contributed by atoms with Crippen molar-refractivity contribution in [2.45, 2.75) is 38.3 Å². The number of carbonyl (C=O) groups is 2. The molecule has 2 N–H and O–H groups in total. The van der Waals surface area contributed by atoms with Crippen LogP contribution in [0.15, 0.2) is 24.3 Å². The summed E-state index contributed by atoms with van der Waals surface area (Å²) in [6.45, 7) is 1.94. The Labute approximate surface area is 111 Å². The maximum Gasteiger partial charge on any atom is 0.243 e. The number of piperidine rings is 1. The molecular formula is C14H17FN2O2. The molecule has 2 atom stereocenters. The van der Waals surface area contributed by atoms with Crippen molar-refractivity contribution in [1.29, 1.82) is 0 Å². The molecule has 0 aromatic heterocycles. The van der Waals surface area contributed by atoms with E-state index in [0.717, 1.165) is 5.56 Å². The highest BCUT2D eigenvalue weighted by molar-refractivity contribution is 6.00. The minimum absolute atomic E-state index is 0.0331. The maximum atomic E-state index is 13.1. The normalized spacial score (nSPS) is 21.1. The van der Waals surface area contributed by atoms with Gasteiger partial charge in [0.1, 0.15) is 5.82 Å². The zero-order chi connectivity index (χ0) is 13.8. The number of nitrogens with one attached hydrogen (secondary N) is 2. The van der Waals surface area contributed by atoms with Crippen molar-refractivity contribution in [3.63, 3.8) is 0 Å². The van der Waals surface area contributed by atoms with Gasteiger partial charge in [0.15, 0.2) is 0 Å². The molecule has 1 aromatic rings. The van der Waals surface area contributed by atoms with Crippen LogP contribution in [0, 0.1) is 5.82 Å². The first-order valence-electron chi connectivity index (χ1n) is 6.39. The lowest BCUT2D eigenvalue weighted by atomic mass is 10.0. The SMILES string of the molecule is CC(Cc1cccc(F)c1)NC1CCC(=O)NC1=O. The molecule has 0 bridgehead atoms. The van der Waals surface area contributed by atoms with Crippen LogP contribution in [0.5, 0.6) is 0 Å². The Morgan fingerprint density at radius 3 is 2.95 bits per heavy atom. The molecule has 1 aliphatic rings. The fraction of sp³-hybridized carbons (Fsp3) is 0.429. The molecule has 4 nitrogen and oxygen atoms in total. The lowest BCUT2D eigenvalue weighted by Gasteiger charge is -2.25. The lowest BCUT2D eigenvalue weighted by molar-refractivity contribution is -0.134. The molecule has 19 heavy (non-hydrogen) atoms. The second kappa shape index (κ2) is 5.93. The first-order valence-corrected chi connectivity index (χ1v) is 6.39. The molecule has 1 fully saturated rings. The Morgan fingerprint density at radius 1 is 1.47 bits per heavy atom. The molecule has 0 aliphatic carbocycles. The third-order valence-electron chi connectivity index (χ3n) is 3.16. The Hall–Kier alpha value is -1.75. The van der Waals surface area contributed by atoms with Crippen molar-refractivity contribution in [3.8, 4) is 0 Å². The van der Waals surface area contributed by atoms with Gasteiger partial charge in [-0.15, -0.1) is 0 Å². The van der Waals surface area contributed by atoms with E-state index in [1.54, 1.807) is 6.07 Å². The van der Waals surface area contributed by atoms with Crippen molar-refractivity contribution in [2.75, 3.05) is 0 Å². The second-order valence-electron chi connectivity index (χ2n) is 4.91. The molecule has 1 saturated heterocycles. The molecule has 102 valence electrons. The maximum absolute atomic E-state index is 13.1. The average molecular weight is 264 g/mol. The summed E-state index contributed by atoms with van der Waals surface area (Å²) < 4.78 is 13.1. The lowest BCUT2D eigenvalue weighted by Crippen LogP contribution is -2.53. The zero-order valence-corrected chi connectivity index (χ0v) is 10.8. The van der Waals surface area contributed by atoms with E-state index in [1.807, 2.05) is 13.0 Å². The first-order chi connectivity index (χ1) is 9.04. The van der Waals surface area contributed by atoms with Gasteiger partial charge < -0.3 is 5.32 Å². The van der Waals surface area contributed by atoms with Crippen LogP contribution in [0.4, 0.5) is 4.39 Å². The third-order valence-corrected chi connectivity index (χ3v) is 3.16. The topological polar surface area (TPSA) is 58.2 Å². The summed E-state index contributed by atoms with van der Waals surface area (Å²) in [5, 5.41) is 5.48. The van der Waals surface area contributed by atoms with Crippen molar-refractivity contribution < 1.29 is 14.0 Å². The molecule has 0 spiro atoms. The molecule has 0 radical (unpaired) electrons. The van der Waals surface area contributed by atoms with E-state index >= 15 is 0 Å². The smallest absolute Gasteiger partial charge is 0.243 e. The summed E-state index contributed by atoms with van der Waals surface area (Å²) in [6, 6.07) is 6.10. The number of hydrogen-bond donors (Lipinski definition) is 2. The minimum Gasteiger partial charge on any atom is -0.303 e. The van der Waals surface area contributed by atoms with Crippen LogP contribution in [-0.4, -0.2) is 23.9 Å². The molecule has 2 amide bonds. The molecule has 5 heteroatoms. The van der Waals surface area contributed by atoms with Crippen molar-refractivity contribution in [1.82, 2.24) is 10.6 Å². The Bertz CT molecular complexity index is 490. The van der Waals surface area contributed by atoms with Crippen molar-refractivity contribution in [2.24, 2.45) is 0 Å². The molecule has 1 aromatic carbocycles. The van der Waals surface area contributed by atoms with E-state index in [9.17, 15) is 14.0 Å². The number of benzene rings is 1. The summed E-state index contributed by atoms with van der Waals surface area (Å²) in [4.78, 5) is 22.6. The van der Waals surface area contributed by atoms with Crippen molar-refractivity contribution >= 4 is 11.8 Å². The van der Waals surface area contributed by atoms with Gasteiger partial charge in [-0.2, -0.15) is 0 Å². The predicted octanol–water partition coefficient (Wildman–Crippen LogP) is 1.15. The Balaban J connectivity index is 1.89. The van der Waals surface area contributed by atoms with Gasteiger partial charge in [-0.1, -0.05) is 12.1 Å². The number of carbonyl (C=O) groups excluding carboxylic acids is 2. The van der Waals surface area contributed by atoms with Crippen LogP contribution >= 0.6 is 0 Å². The van der Waals surface area contributed by atoms with Crippen LogP contribution in [0.1, 0.15) is 25.3 Å². The highest BCUT2D eigenvalue weighted by atomic mass is 19.1. The van der Waals surface area contributed by atoms with Crippen LogP contribution in [0.2, 0.25) is 0 Å². The largest absolute Gasteiger partial charge is 0.303 e. The molecule has 2 unspecified atom stereocenters. The third kappa shape index (κ3) is 3.86. The minimum atomic E-state index is -0.346. The molecule has 2 rings (SSSR count). The number of imide groups is 1. The number of halogens is 1. The number of amides is 2.